The van der Waals surface area contributed by atoms with E-state index in [9.17, 15) is 0 Å². The molecule has 5 rings (SSSR count). The molecule has 8 heteroatoms. The molecule has 194 valence electrons. The van der Waals surface area contributed by atoms with E-state index in [-0.39, 0.29) is 19.4 Å². The van der Waals surface area contributed by atoms with Crippen molar-refractivity contribution in [2.75, 3.05) is 13.7 Å². The molecule has 1 atom stereocenters. The third-order valence-corrected chi connectivity index (χ3v) is 7.80. The van der Waals surface area contributed by atoms with Crippen molar-refractivity contribution in [1.29, 1.82) is 0 Å². The maximum Gasteiger partial charge on any atom is 0.119 e. The molecule has 0 fully saturated rings. The molecule has 0 amide bonds. The fraction of sp³-hybridized carbons (Fsp3) is 0.233. The van der Waals surface area contributed by atoms with Gasteiger partial charge in [-0.15, -0.1) is 22.4 Å². The first-order valence-corrected chi connectivity index (χ1v) is 13.2. The van der Waals surface area contributed by atoms with Gasteiger partial charge in [0.05, 0.1) is 28.5 Å². The predicted octanol–water partition coefficient (Wildman–Crippen LogP) is 8.55. The maximum absolute atomic E-state index is 6.69. The van der Waals surface area contributed by atoms with Crippen LogP contribution in [0.25, 0.3) is 21.2 Å². The summed E-state index contributed by atoms with van der Waals surface area (Å²) in [5.74, 6) is 8.01. The van der Waals surface area contributed by atoms with Crippen LogP contribution < -0.4 is 9.47 Å². The Morgan fingerprint density at radius 3 is 2.53 bits per heavy atom. The molecule has 4 aromatic rings. The third-order valence-electron chi connectivity index (χ3n) is 6.36. The molecule has 1 aromatic heterocycles. The lowest BCUT2D eigenvalue weighted by Gasteiger charge is -2.13. The second-order valence-corrected chi connectivity index (χ2v) is 10.1. The van der Waals surface area contributed by atoms with Gasteiger partial charge in [-0.3, -0.25) is 0 Å². The molecule has 0 aliphatic carbocycles. The van der Waals surface area contributed by atoms with Crippen molar-refractivity contribution >= 4 is 52.2 Å². The molecule has 5 nitrogen and oxygen atoms in total. The molecule has 1 aliphatic heterocycles. The minimum Gasteiger partial charge on any atom is -0.497 e. The van der Waals surface area contributed by atoms with Crippen molar-refractivity contribution in [2.24, 2.45) is 15.4 Å². The lowest BCUT2D eigenvalue weighted by Crippen LogP contribution is -2.07. The SMILES string of the molecule is CC#C[C@@H](CC1=NN=NC1)c1ccc(OCc2cc(Cl)c3scc(-c4ccc(OC)cc4C)c3c2)cc1.S. The lowest BCUT2D eigenvalue weighted by atomic mass is 9.94. The average molecular weight is 562 g/mol. The summed E-state index contributed by atoms with van der Waals surface area (Å²) in [5, 5.41) is 15.8. The monoisotopic (exact) mass is 561 g/mol. The number of thiophene rings is 1. The quantitative estimate of drug-likeness (QED) is 0.202. The van der Waals surface area contributed by atoms with E-state index in [1.54, 1.807) is 18.4 Å². The predicted molar refractivity (Wildman–Crippen MR) is 163 cm³/mol. The van der Waals surface area contributed by atoms with E-state index in [1.165, 1.54) is 11.1 Å². The van der Waals surface area contributed by atoms with Gasteiger partial charge in [0.25, 0.3) is 0 Å². The summed E-state index contributed by atoms with van der Waals surface area (Å²) in [5.41, 5.74) is 6.60. The summed E-state index contributed by atoms with van der Waals surface area (Å²) in [4.78, 5) is 0. The Hall–Kier alpha value is -3.31. The van der Waals surface area contributed by atoms with Gasteiger partial charge >= 0.3 is 0 Å². The third kappa shape index (κ3) is 6.05. The van der Waals surface area contributed by atoms with E-state index >= 15 is 0 Å². The Morgan fingerprint density at radius 1 is 1.05 bits per heavy atom. The molecule has 0 saturated carbocycles. The number of aryl methyl sites for hydroxylation is 1. The second-order valence-electron chi connectivity index (χ2n) is 8.85. The van der Waals surface area contributed by atoms with E-state index in [0.29, 0.717) is 13.2 Å². The van der Waals surface area contributed by atoms with E-state index in [1.807, 2.05) is 31.2 Å². The minimum absolute atomic E-state index is 0. The highest BCUT2D eigenvalue weighted by Crippen LogP contribution is 2.40. The average Bonchev–Trinajstić information content (AvgIpc) is 3.58. The fourth-order valence-electron chi connectivity index (χ4n) is 4.48. The van der Waals surface area contributed by atoms with E-state index < -0.39 is 0 Å². The fourth-order valence-corrected chi connectivity index (χ4v) is 5.81. The van der Waals surface area contributed by atoms with Crippen LogP contribution in [-0.4, -0.2) is 19.4 Å². The number of methoxy groups -OCH3 is 1. The Balaban J connectivity index is 0.00000336. The minimum atomic E-state index is 0. The topological polar surface area (TPSA) is 55.5 Å². The zero-order chi connectivity index (χ0) is 25.8. The van der Waals surface area contributed by atoms with Crippen LogP contribution in [0.5, 0.6) is 11.5 Å². The van der Waals surface area contributed by atoms with Crippen molar-refractivity contribution < 1.29 is 9.47 Å². The van der Waals surface area contributed by atoms with Crippen LogP contribution in [-0.2, 0) is 6.61 Å². The molecule has 0 bridgehead atoms. The summed E-state index contributed by atoms with van der Waals surface area (Å²) in [6.45, 7) is 4.93. The summed E-state index contributed by atoms with van der Waals surface area (Å²) >= 11 is 8.35. The molecule has 0 unspecified atom stereocenters. The van der Waals surface area contributed by atoms with Gasteiger partial charge in [-0.05, 0) is 83.1 Å². The number of ether oxygens (including phenoxy) is 2. The summed E-state index contributed by atoms with van der Waals surface area (Å²) in [6, 6.07) is 18.4. The normalized spacial score (nSPS) is 12.9. The van der Waals surface area contributed by atoms with Crippen molar-refractivity contribution in [3.8, 4) is 34.5 Å². The van der Waals surface area contributed by atoms with E-state index in [0.717, 1.165) is 55.4 Å². The van der Waals surface area contributed by atoms with Crippen molar-refractivity contribution in [3.05, 3.63) is 81.7 Å². The van der Waals surface area contributed by atoms with Crippen molar-refractivity contribution in [1.82, 2.24) is 0 Å². The number of benzene rings is 3. The van der Waals surface area contributed by atoms with Gasteiger partial charge in [-0.2, -0.15) is 18.6 Å². The van der Waals surface area contributed by atoms with Crippen LogP contribution >= 0.6 is 36.4 Å². The maximum atomic E-state index is 6.69. The highest BCUT2D eigenvalue weighted by molar-refractivity contribution is 7.59. The van der Waals surface area contributed by atoms with Gasteiger partial charge in [0.15, 0.2) is 0 Å². The highest BCUT2D eigenvalue weighted by Gasteiger charge is 2.16. The van der Waals surface area contributed by atoms with Gasteiger partial charge in [-0.25, -0.2) is 0 Å². The first-order valence-electron chi connectivity index (χ1n) is 12.0. The lowest BCUT2D eigenvalue weighted by molar-refractivity contribution is 0.306. The number of nitrogens with zero attached hydrogens (tertiary/aromatic N) is 3. The van der Waals surface area contributed by atoms with Crippen LogP contribution in [0.1, 0.15) is 36.0 Å². The first-order chi connectivity index (χ1) is 18.1. The first kappa shape index (κ1) is 27.7. The molecule has 0 saturated heterocycles. The summed E-state index contributed by atoms with van der Waals surface area (Å²) in [7, 11) is 1.69. The number of hydrogen-bond acceptors (Lipinski definition) is 6. The highest BCUT2D eigenvalue weighted by atomic mass is 35.5. The summed E-state index contributed by atoms with van der Waals surface area (Å²) < 4.78 is 12.6. The Morgan fingerprint density at radius 2 is 1.84 bits per heavy atom. The van der Waals surface area contributed by atoms with E-state index in [4.69, 9.17) is 21.1 Å². The van der Waals surface area contributed by atoms with E-state index in [2.05, 4.69) is 69.9 Å². The Kier molecular flexibility index (Phi) is 9.11. The number of fused-ring (bicyclic) bond motifs is 1. The largest absolute Gasteiger partial charge is 0.497 e. The van der Waals surface area contributed by atoms with Crippen LogP contribution in [0.15, 0.2) is 75.4 Å². The van der Waals surface area contributed by atoms with Gasteiger partial charge in [-0.1, -0.05) is 35.7 Å². The van der Waals surface area contributed by atoms with Gasteiger partial charge in [0.1, 0.15) is 24.7 Å². The van der Waals surface area contributed by atoms with Crippen molar-refractivity contribution in [3.63, 3.8) is 0 Å². The molecule has 0 radical (unpaired) electrons. The zero-order valence-corrected chi connectivity index (χ0v) is 24.0. The van der Waals surface area contributed by atoms with Crippen molar-refractivity contribution in [2.45, 2.75) is 32.8 Å². The number of halogens is 1. The molecular weight excluding hydrogens is 534 g/mol. The molecule has 0 N–H and O–H groups in total. The van der Waals surface area contributed by atoms with Crippen LogP contribution in [0.3, 0.4) is 0 Å². The van der Waals surface area contributed by atoms with Crippen LogP contribution in [0, 0.1) is 18.8 Å². The van der Waals surface area contributed by atoms with Crippen LogP contribution in [0.4, 0.5) is 0 Å². The standard InChI is InChI=1S/C30H26ClN3O2S.H2S/c1-4-5-22(15-23-16-32-34-33-23)21-6-8-24(9-7-21)36-17-20-13-27-28(18-37-30(27)29(31)14-20)26-11-10-25(35-3)12-19(26)2;/h6-14,18,22H,15-17H2,1-3H3;1H2/t22-;/m0./s1. The Labute approximate surface area is 239 Å². The number of rotatable bonds is 8. The second kappa shape index (κ2) is 12.5. The van der Waals surface area contributed by atoms with Crippen LogP contribution in [0.2, 0.25) is 5.02 Å². The molecular formula is C30H28ClN3O2S2. The Bertz CT molecular complexity index is 1570. The smallest absolute Gasteiger partial charge is 0.119 e. The molecule has 2 heterocycles. The summed E-state index contributed by atoms with van der Waals surface area (Å²) in [6.07, 6.45) is 0.725. The molecule has 1 aliphatic rings. The molecule has 0 spiro atoms. The van der Waals surface area contributed by atoms with Gasteiger partial charge in [0, 0.05) is 17.4 Å². The zero-order valence-electron chi connectivity index (χ0n) is 21.4. The molecule has 3 aromatic carbocycles. The number of hydrogen-bond donors (Lipinski definition) is 0. The molecule has 38 heavy (non-hydrogen) atoms. The van der Waals surface area contributed by atoms with Gasteiger partial charge < -0.3 is 9.47 Å². The van der Waals surface area contributed by atoms with Gasteiger partial charge in [0.2, 0.25) is 0 Å².